The number of rotatable bonds is 2. The zero-order valence-corrected chi connectivity index (χ0v) is 8.21. The minimum atomic E-state index is 0.256. The average Bonchev–Trinajstić information content (AvgIpc) is 1.94. The Morgan fingerprint density at radius 2 is 2.33 bits per heavy atom. The SMILES string of the molecule is C=CCN1CCC(N)CC1(C)C. The second kappa shape index (κ2) is 3.58. The van der Waals surface area contributed by atoms with Crippen molar-refractivity contribution in [1.29, 1.82) is 0 Å². The topological polar surface area (TPSA) is 29.3 Å². The molecular weight excluding hydrogens is 148 g/mol. The zero-order chi connectivity index (χ0) is 9.19. The Morgan fingerprint density at radius 3 is 2.83 bits per heavy atom. The summed E-state index contributed by atoms with van der Waals surface area (Å²) in [5.74, 6) is 0. The maximum absolute atomic E-state index is 5.92. The molecular formula is C10H20N2. The minimum absolute atomic E-state index is 0.256. The number of piperidine rings is 1. The number of hydrogen-bond donors (Lipinski definition) is 1. The van der Waals surface area contributed by atoms with Crippen molar-refractivity contribution < 1.29 is 0 Å². The van der Waals surface area contributed by atoms with E-state index in [4.69, 9.17) is 5.73 Å². The fraction of sp³-hybridized carbons (Fsp3) is 0.800. The van der Waals surface area contributed by atoms with Crippen LogP contribution in [-0.2, 0) is 0 Å². The van der Waals surface area contributed by atoms with Gasteiger partial charge >= 0.3 is 0 Å². The van der Waals surface area contributed by atoms with Gasteiger partial charge in [-0.15, -0.1) is 6.58 Å². The van der Waals surface area contributed by atoms with Crippen molar-refractivity contribution in [2.24, 2.45) is 5.73 Å². The molecule has 0 aromatic rings. The molecule has 0 radical (unpaired) electrons. The van der Waals surface area contributed by atoms with Gasteiger partial charge in [0.05, 0.1) is 0 Å². The van der Waals surface area contributed by atoms with Crippen LogP contribution in [-0.4, -0.2) is 29.6 Å². The Labute approximate surface area is 75.4 Å². The van der Waals surface area contributed by atoms with Gasteiger partial charge in [-0.2, -0.15) is 0 Å². The Kier molecular flexibility index (Phi) is 2.91. The van der Waals surface area contributed by atoms with Crippen LogP contribution in [0.5, 0.6) is 0 Å². The van der Waals surface area contributed by atoms with Gasteiger partial charge in [-0.1, -0.05) is 6.08 Å². The molecule has 1 fully saturated rings. The fourth-order valence-corrected chi connectivity index (χ4v) is 1.99. The minimum Gasteiger partial charge on any atom is -0.328 e. The quantitative estimate of drug-likeness (QED) is 0.631. The molecule has 0 spiro atoms. The lowest BCUT2D eigenvalue weighted by atomic mass is 9.87. The first-order valence-corrected chi connectivity index (χ1v) is 4.68. The van der Waals surface area contributed by atoms with E-state index in [9.17, 15) is 0 Å². The van der Waals surface area contributed by atoms with E-state index in [1.165, 1.54) is 0 Å². The van der Waals surface area contributed by atoms with Crippen LogP contribution in [0.1, 0.15) is 26.7 Å². The summed E-state index contributed by atoms with van der Waals surface area (Å²) in [4.78, 5) is 2.45. The van der Waals surface area contributed by atoms with Crippen molar-refractivity contribution in [2.45, 2.75) is 38.3 Å². The maximum atomic E-state index is 5.92. The highest BCUT2D eigenvalue weighted by atomic mass is 15.2. The van der Waals surface area contributed by atoms with E-state index in [0.717, 1.165) is 25.9 Å². The first-order valence-electron chi connectivity index (χ1n) is 4.68. The van der Waals surface area contributed by atoms with Crippen molar-refractivity contribution >= 4 is 0 Å². The van der Waals surface area contributed by atoms with E-state index in [-0.39, 0.29) is 5.54 Å². The summed E-state index contributed by atoms with van der Waals surface area (Å²) in [5, 5.41) is 0. The van der Waals surface area contributed by atoms with Crippen LogP contribution >= 0.6 is 0 Å². The number of nitrogens with two attached hydrogens (primary N) is 1. The van der Waals surface area contributed by atoms with E-state index in [1.807, 2.05) is 6.08 Å². The number of likely N-dealkylation sites (tertiary alicyclic amines) is 1. The molecule has 0 bridgehead atoms. The molecule has 0 aromatic heterocycles. The van der Waals surface area contributed by atoms with E-state index >= 15 is 0 Å². The van der Waals surface area contributed by atoms with Crippen molar-refractivity contribution in [1.82, 2.24) is 4.90 Å². The lowest BCUT2D eigenvalue weighted by Gasteiger charge is -2.44. The van der Waals surface area contributed by atoms with Crippen LogP contribution in [0.2, 0.25) is 0 Å². The van der Waals surface area contributed by atoms with Gasteiger partial charge < -0.3 is 5.73 Å². The summed E-state index contributed by atoms with van der Waals surface area (Å²) < 4.78 is 0. The van der Waals surface area contributed by atoms with Crippen LogP contribution in [0.4, 0.5) is 0 Å². The normalized spacial score (nSPS) is 30.1. The van der Waals surface area contributed by atoms with Gasteiger partial charge in [-0.25, -0.2) is 0 Å². The van der Waals surface area contributed by atoms with Crippen LogP contribution in [0, 0.1) is 0 Å². The molecule has 1 rings (SSSR count). The number of nitrogens with zero attached hydrogens (tertiary/aromatic N) is 1. The van der Waals surface area contributed by atoms with Gasteiger partial charge in [0.15, 0.2) is 0 Å². The summed E-state index contributed by atoms with van der Waals surface area (Å²) in [6.45, 7) is 10.4. The number of hydrogen-bond acceptors (Lipinski definition) is 2. The van der Waals surface area contributed by atoms with Gasteiger partial charge in [0.2, 0.25) is 0 Å². The maximum Gasteiger partial charge on any atom is 0.0171 e. The van der Waals surface area contributed by atoms with Crippen LogP contribution in [0.15, 0.2) is 12.7 Å². The first kappa shape index (κ1) is 9.75. The van der Waals surface area contributed by atoms with Crippen LogP contribution in [0.25, 0.3) is 0 Å². The fourth-order valence-electron chi connectivity index (χ4n) is 1.99. The second-order valence-electron chi connectivity index (χ2n) is 4.30. The summed E-state index contributed by atoms with van der Waals surface area (Å²) in [7, 11) is 0. The smallest absolute Gasteiger partial charge is 0.0171 e. The van der Waals surface area contributed by atoms with Gasteiger partial charge in [-0.05, 0) is 26.7 Å². The predicted molar refractivity (Wildman–Crippen MR) is 53.1 cm³/mol. The van der Waals surface area contributed by atoms with Crippen LogP contribution in [0.3, 0.4) is 0 Å². The van der Waals surface area contributed by atoms with Crippen molar-refractivity contribution in [3.63, 3.8) is 0 Å². The van der Waals surface area contributed by atoms with Gasteiger partial charge in [0.25, 0.3) is 0 Å². The summed E-state index contributed by atoms with van der Waals surface area (Å²) in [5.41, 5.74) is 6.17. The third kappa shape index (κ3) is 2.08. The molecule has 0 saturated carbocycles. The molecule has 2 heteroatoms. The molecule has 12 heavy (non-hydrogen) atoms. The highest BCUT2D eigenvalue weighted by molar-refractivity contribution is 4.93. The molecule has 1 atom stereocenters. The highest BCUT2D eigenvalue weighted by Gasteiger charge is 2.32. The molecule has 70 valence electrons. The molecule has 2 N–H and O–H groups in total. The predicted octanol–water partition coefficient (Wildman–Crippen LogP) is 1.37. The lowest BCUT2D eigenvalue weighted by molar-refractivity contribution is 0.0795. The largest absolute Gasteiger partial charge is 0.328 e. The molecule has 1 unspecified atom stereocenters. The zero-order valence-electron chi connectivity index (χ0n) is 8.21. The summed E-state index contributed by atoms with van der Waals surface area (Å²) in [6.07, 6.45) is 4.19. The molecule has 1 heterocycles. The van der Waals surface area contributed by atoms with E-state index < -0.39 is 0 Å². The third-order valence-electron chi connectivity index (χ3n) is 2.74. The molecule has 1 aliphatic rings. The standard InChI is InChI=1S/C10H20N2/c1-4-6-12-7-5-9(11)8-10(12,2)3/h4,9H,1,5-8,11H2,2-3H3. The first-order chi connectivity index (χ1) is 5.56. The monoisotopic (exact) mass is 168 g/mol. The van der Waals surface area contributed by atoms with E-state index in [2.05, 4.69) is 25.3 Å². The Balaban J connectivity index is 2.57. The second-order valence-corrected chi connectivity index (χ2v) is 4.30. The van der Waals surface area contributed by atoms with Crippen molar-refractivity contribution in [2.75, 3.05) is 13.1 Å². The molecule has 0 aromatic carbocycles. The molecule has 1 saturated heterocycles. The van der Waals surface area contributed by atoms with E-state index in [0.29, 0.717) is 6.04 Å². The van der Waals surface area contributed by atoms with Crippen molar-refractivity contribution in [3.05, 3.63) is 12.7 Å². The van der Waals surface area contributed by atoms with Crippen molar-refractivity contribution in [3.8, 4) is 0 Å². The van der Waals surface area contributed by atoms with Gasteiger partial charge in [-0.3, -0.25) is 4.90 Å². The summed E-state index contributed by atoms with van der Waals surface area (Å²) in [6, 6.07) is 0.390. The third-order valence-corrected chi connectivity index (χ3v) is 2.74. The van der Waals surface area contributed by atoms with Gasteiger partial charge in [0, 0.05) is 24.7 Å². The molecule has 0 amide bonds. The molecule has 2 nitrogen and oxygen atoms in total. The average molecular weight is 168 g/mol. The van der Waals surface area contributed by atoms with E-state index in [1.54, 1.807) is 0 Å². The molecule has 0 aliphatic carbocycles. The Hall–Kier alpha value is -0.340. The lowest BCUT2D eigenvalue weighted by Crippen LogP contribution is -2.53. The summed E-state index contributed by atoms with van der Waals surface area (Å²) >= 11 is 0. The molecule has 1 aliphatic heterocycles. The van der Waals surface area contributed by atoms with Crippen LogP contribution < -0.4 is 5.73 Å². The Morgan fingerprint density at radius 1 is 1.67 bits per heavy atom. The van der Waals surface area contributed by atoms with Gasteiger partial charge in [0.1, 0.15) is 0 Å². The highest BCUT2D eigenvalue weighted by Crippen LogP contribution is 2.26. The Bertz CT molecular complexity index is 163.